The normalized spacial score (nSPS) is 16.6. The summed E-state index contributed by atoms with van der Waals surface area (Å²) in [5.41, 5.74) is 6.76. The Labute approximate surface area is 121 Å². The number of nitrogen functional groups attached to an aromatic ring is 1. The molecular formula is C14H23N3O2S. The third-order valence-electron chi connectivity index (χ3n) is 3.65. The number of aryl methyl sites for hydroxylation is 1. The zero-order valence-corrected chi connectivity index (χ0v) is 12.7. The van der Waals surface area contributed by atoms with E-state index in [0.717, 1.165) is 26.1 Å². The molecule has 0 amide bonds. The third-order valence-corrected chi connectivity index (χ3v) is 5.33. The largest absolute Gasteiger partial charge is 0.398 e. The highest BCUT2D eigenvalue weighted by molar-refractivity contribution is 7.89. The van der Waals surface area contributed by atoms with Gasteiger partial charge in [-0.05, 0) is 57.5 Å². The summed E-state index contributed by atoms with van der Waals surface area (Å²) in [5, 5.41) is 0. The first-order valence-corrected chi connectivity index (χ1v) is 8.56. The van der Waals surface area contributed by atoms with Crippen LogP contribution in [0.25, 0.3) is 0 Å². The van der Waals surface area contributed by atoms with E-state index in [0.29, 0.717) is 17.8 Å². The molecule has 0 aromatic heterocycles. The maximum atomic E-state index is 12.3. The van der Waals surface area contributed by atoms with E-state index < -0.39 is 10.0 Å². The molecule has 0 bridgehead atoms. The Morgan fingerprint density at radius 3 is 2.65 bits per heavy atom. The Balaban J connectivity index is 1.90. The maximum Gasteiger partial charge on any atom is 0.242 e. The van der Waals surface area contributed by atoms with E-state index in [2.05, 4.69) is 9.62 Å². The van der Waals surface area contributed by atoms with Crippen molar-refractivity contribution in [2.75, 3.05) is 31.9 Å². The Morgan fingerprint density at radius 2 is 2.00 bits per heavy atom. The molecule has 6 heteroatoms. The molecule has 2 rings (SSSR count). The second-order valence-corrected chi connectivity index (χ2v) is 7.00. The van der Waals surface area contributed by atoms with E-state index in [1.54, 1.807) is 25.1 Å². The van der Waals surface area contributed by atoms with Crippen LogP contribution < -0.4 is 10.5 Å². The molecule has 112 valence electrons. The summed E-state index contributed by atoms with van der Waals surface area (Å²) in [6.45, 7) is 5.43. The lowest BCUT2D eigenvalue weighted by Gasteiger charge is -2.15. The van der Waals surface area contributed by atoms with Gasteiger partial charge in [-0.25, -0.2) is 13.1 Å². The van der Waals surface area contributed by atoms with Gasteiger partial charge in [-0.2, -0.15) is 0 Å². The van der Waals surface area contributed by atoms with Gasteiger partial charge in [0.05, 0.1) is 5.69 Å². The fourth-order valence-electron chi connectivity index (χ4n) is 2.63. The molecular weight excluding hydrogens is 274 g/mol. The minimum Gasteiger partial charge on any atom is -0.398 e. The van der Waals surface area contributed by atoms with Crippen molar-refractivity contribution in [3.05, 3.63) is 23.8 Å². The number of nitrogens with one attached hydrogen (secondary N) is 1. The number of anilines is 1. The molecule has 0 spiro atoms. The van der Waals surface area contributed by atoms with Gasteiger partial charge < -0.3 is 10.6 Å². The topological polar surface area (TPSA) is 75.4 Å². The van der Waals surface area contributed by atoms with Crippen LogP contribution in [0.15, 0.2) is 23.1 Å². The first-order valence-electron chi connectivity index (χ1n) is 7.08. The molecule has 0 aliphatic carbocycles. The number of hydrogen-bond acceptors (Lipinski definition) is 4. The summed E-state index contributed by atoms with van der Waals surface area (Å²) in [4.78, 5) is 2.58. The molecule has 1 aromatic carbocycles. The molecule has 1 aliphatic heterocycles. The average Bonchev–Trinajstić information content (AvgIpc) is 2.87. The quantitative estimate of drug-likeness (QED) is 0.614. The summed E-state index contributed by atoms with van der Waals surface area (Å²) in [5.74, 6) is 0. The van der Waals surface area contributed by atoms with Crippen molar-refractivity contribution < 1.29 is 8.42 Å². The van der Waals surface area contributed by atoms with Crippen LogP contribution in [-0.2, 0) is 10.0 Å². The van der Waals surface area contributed by atoms with Crippen molar-refractivity contribution in [2.24, 2.45) is 0 Å². The van der Waals surface area contributed by atoms with Crippen molar-refractivity contribution in [1.82, 2.24) is 9.62 Å². The third kappa shape index (κ3) is 3.71. The second kappa shape index (κ2) is 6.56. The van der Waals surface area contributed by atoms with Crippen molar-refractivity contribution in [3.63, 3.8) is 0 Å². The molecule has 0 atom stereocenters. The molecule has 0 saturated carbocycles. The Bertz CT molecular complexity index is 531. The van der Waals surface area contributed by atoms with Crippen molar-refractivity contribution in [2.45, 2.75) is 31.1 Å². The van der Waals surface area contributed by atoms with Gasteiger partial charge in [-0.3, -0.25) is 0 Å². The summed E-state index contributed by atoms with van der Waals surface area (Å²) in [6, 6.07) is 5.14. The van der Waals surface area contributed by atoms with Crippen molar-refractivity contribution in [3.8, 4) is 0 Å². The van der Waals surface area contributed by atoms with Crippen LogP contribution in [0.4, 0.5) is 5.69 Å². The summed E-state index contributed by atoms with van der Waals surface area (Å²) >= 11 is 0. The molecule has 0 radical (unpaired) electrons. The Kier molecular flexibility index (Phi) is 5.01. The number of nitrogens with two attached hydrogens (primary N) is 1. The van der Waals surface area contributed by atoms with E-state index >= 15 is 0 Å². The van der Waals surface area contributed by atoms with E-state index in [9.17, 15) is 8.42 Å². The number of hydrogen-bond donors (Lipinski definition) is 2. The lowest BCUT2D eigenvalue weighted by atomic mass is 10.2. The summed E-state index contributed by atoms with van der Waals surface area (Å²) < 4.78 is 27.2. The van der Waals surface area contributed by atoms with Gasteiger partial charge in [0, 0.05) is 6.54 Å². The van der Waals surface area contributed by atoms with E-state index in [1.165, 1.54) is 12.8 Å². The van der Waals surface area contributed by atoms with Gasteiger partial charge in [-0.1, -0.05) is 12.1 Å². The number of likely N-dealkylation sites (tertiary alicyclic amines) is 1. The van der Waals surface area contributed by atoms with Crippen LogP contribution in [0, 0.1) is 6.92 Å². The van der Waals surface area contributed by atoms with Crippen LogP contribution in [0.5, 0.6) is 0 Å². The number of nitrogens with zero attached hydrogens (tertiary/aromatic N) is 1. The van der Waals surface area contributed by atoms with Crippen LogP contribution in [0.2, 0.25) is 0 Å². The zero-order valence-electron chi connectivity index (χ0n) is 11.9. The first kappa shape index (κ1) is 15.3. The molecule has 1 saturated heterocycles. The first-order chi connectivity index (χ1) is 9.50. The molecule has 20 heavy (non-hydrogen) atoms. The lowest BCUT2D eigenvalue weighted by Crippen LogP contribution is -2.29. The molecule has 3 N–H and O–H groups in total. The van der Waals surface area contributed by atoms with Crippen molar-refractivity contribution in [1.29, 1.82) is 0 Å². The predicted octanol–water partition coefficient (Wildman–Crippen LogP) is 1.34. The number of sulfonamides is 1. The minimum atomic E-state index is -3.51. The second-order valence-electron chi connectivity index (χ2n) is 5.29. The van der Waals surface area contributed by atoms with Gasteiger partial charge in [0.2, 0.25) is 10.0 Å². The highest BCUT2D eigenvalue weighted by atomic mass is 32.2. The highest BCUT2D eigenvalue weighted by Gasteiger charge is 2.19. The average molecular weight is 297 g/mol. The predicted molar refractivity (Wildman–Crippen MR) is 81.1 cm³/mol. The van der Waals surface area contributed by atoms with E-state index in [1.807, 2.05) is 0 Å². The molecule has 0 unspecified atom stereocenters. The Hall–Kier alpha value is -1.11. The van der Waals surface area contributed by atoms with E-state index in [4.69, 9.17) is 5.73 Å². The minimum absolute atomic E-state index is 0.209. The molecule has 1 fully saturated rings. The molecule has 1 aromatic rings. The van der Waals surface area contributed by atoms with Gasteiger partial charge >= 0.3 is 0 Å². The standard InChI is InChI=1S/C14H23N3O2S/c1-12-6-4-7-13(15)14(12)20(18,19)16-8-5-11-17-9-2-3-10-17/h4,6-7,16H,2-3,5,8-11,15H2,1H3. The van der Waals surface area contributed by atoms with Crippen LogP contribution in [0.1, 0.15) is 24.8 Å². The fraction of sp³-hybridized carbons (Fsp3) is 0.571. The Morgan fingerprint density at radius 1 is 1.30 bits per heavy atom. The summed E-state index contributed by atoms with van der Waals surface area (Å²) in [7, 11) is -3.51. The SMILES string of the molecule is Cc1cccc(N)c1S(=O)(=O)NCCCN1CCCC1. The van der Waals surface area contributed by atoms with Crippen LogP contribution in [-0.4, -0.2) is 39.5 Å². The molecule has 5 nitrogen and oxygen atoms in total. The maximum absolute atomic E-state index is 12.3. The van der Waals surface area contributed by atoms with Crippen molar-refractivity contribution >= 4 is 15.7 Å². The summed E-state index contributed by atoms with van der Waals surface area (Å²) in [6.07, 6.45) is 3.34. The van der Waals surface area contributed by atoms with E-state index in [-0.39, 0.29) is 4.90 Å². The van der Waals surface area contributed by atoms with Crippen LogP contribution >= 0.6 is 0 Å². The monoisotopic (exact) mass is 297 g/mol. The molecule has 1 aliphatic rings. The van der Waals surface area contributed by atoms with Gasteiger partial charge in [0.1, 0.15) is 4.90 Å². The molecule has 1 heterocycles. The number of benzene rings is 1. The highest BCUT2D eigenvalue weighted by Crippen LogP contribution is 2.21. The zero-order chi connectivity index (χ0) is 14.6. The van der Waals surface area contributed by atoms with Gasteiger partial charge in [-0.15, -0.1) is 0 Å². The van der Waals surface area contributed by atoms with Gasteiger partial charge in [0.25, 0.3) is 0 Å². The lowest BCUT2D eigenvalue weighted by molar-refractivity contribution is 0.334. The fourth-order valence-corrected chi connectivity index (χ4v) is 4.06. The van der Waals surface area contributed by atoms with Gasteiger partial charge in [0.15, 0.2) is 0 Å². The smallest absolute Gasteiger partial charge is 0.242 e. The number of rotatable bonds is 6. The van der Waals surface area contributed by atoms with Crippen LogP contribution in [0.3, 0.4) is 0 Å².